The van der Waals surface area contributed by atoms with Crippen LogP contribution in [0.5, 0.6) is 0 Å². The van der Waals surface area contributed by atoms with Crippen molar-refractivity contribution >= 4 is 21.7 Å². The van der Waals surface area contributed by atoms with Crippen molar-refractivity contribution in [1.29, 1.82) is 0 Å². The highest BCUT2D eigenvalue weighted by molar-refractivity contribution is 7.91. The zero-order chi connectivity index (χ0) is 14.0. The number of unbranched alkanes of at least 4 members (excludes halogenated alkanes) is 1. The molecule has 1 heterocycles. The monoisotopic (exact) mass is 281 g/mol. The molecule has 0 N–H and O–H groups in total. The Morgan fingerprint density at radius 1 is 1.05 bits per heavy atom. The average molecular weight is 281 g/mol. The van der Waals surface area contributed by atoms with Crippen LogP contribution in [0, 0.1) is 0 Å². The second-order valence-corrected chi connectivity index (χ2v) is 6.67. The van der Waals surface area contributed by atoms with Crippen molar-refractivity contribution < 1.29 is 18.0 Å². The average Bonchev–Trinajstić information content (AvgIpc) is 2.62. The number of benzene rings is 1. The first-order chi connectivity index (χ1) is 8.96. The van der Waals surface area contributed by atoms with E-state index < -0.39 is 27.5 Å². The molecular weight excluding hydrogens is 266 g/mol. The van der Waals surface area contributed by atoms with Gasteiger partial charge in [-0.05, 0) is 18.6 Å². The first kappa shape index (κ1) is 13.7. The first-order valence-corrected chi connectivity index (χ1v) is 7.94. The Morgan fingerprint density at radius 3 is 2.05 bits per heavy atom. The zero-order valence-electron chi connectivity index (χ0n) is 10.6. The van der Waals surface area contributed by atoms with Gasteiger partial charge in [0.2, 0.25) is 0 Å². The molecule has 1 aromatic rings. The minimum Gasteiger partial charge on any atom is -0.269 e. The second-order valence-electron chi connectivity index (χ2n) is 4.51. The van der Waals surface area contributed by atoms with Crippen molar-refractivity contribution in [2.45, 2.75) is 19.8 Å². The summed E-state index contributed by atoms with van der Waals surface area (Å²) in [6.45, 7) is 1.89. The van der Waals surface area contributed by atoms with Gasteiger partial charge in [0.15, 0.2) is 9.84 Å². The molecule has 0 radical (unpaired) electrons. The Bertz CT molecular complexity index is 586. The standard InChI is InChI=1S/C13H15NO4S/c1-2-3-8-19(17,18)9-14-12(15)10-6-4-5-7-11(10)13(14)16/h4-7H,2-3,8-9H2,1H3. The zero-order valence-corrected chi connectivity index (χ0v) is 11.4. The van der Waals surface area contributed by atoms with E-state index in [4.69, 9.17) is 0 Å². The maximum atomic E-state index is 12.0. The van der Waals surface area contributed by atoms with Crippen LogP contribution in [-0.4, -0.2) is 36.8 Å². The Balaban J connectivity index is 2.21. The Morgan fingerprint density at radius 2 is 1.58 bits per heavy atom. The number of sulfone groups is 1. The Labute approximate surface area is 112 Å². The summed E-state index contributed by atoms with van der Waals surface area (Å²) in [7, 11) is -3.43. The van der Waals surface area contributed by atoms with Crippen molar-refractivity contribution in [3.63, 3.8) is 0 Å². The SMILES string of the molecule is CCCCS(=O)(=O)CN1C(=O)c2ccccc2C1=O. The van der Waals surface area contributed by atoms with Crippen molar-refractivity contribution in [1.82, 2.24) is 4.90 Å². The molecule has 0 aromatic heterocycles. The van der Waals surface area contributed by atoms with Gasteiger partial charge in [0.1, 0.15) is 5.88 Å². The Kier molecular flexibility index (Phi) is 3.71. The number of amides is 2. The molecule has 0 unspecified atom stereocenters. The molecule has 0 bridgehead atoms. The summed E-state index contributed by atoms with van der Waals surface area (Å²) in [4.78, 5) is 24.8. The summed E-state index contributed by atoms with van der Waals surface area (Å²) in [5, 5.41) is 0. The lowest BCUT2D eigenvalue weighted by molar-refractivity contribution is 0.0680. The normalized spacial score (nSPS) is 14.9. The highest BCUT2D eigenvalue weighted by Gasteiger charge is 2.37. The van der Waals surface area contributed by atoms with Gasteiger partial charge >= 0.3 is 0 Å². The van der Waals surface area contributed by atoms with Crippen LogP contribution in [0.4, 0.5) is 0 Å². The van der Waals surface area contributed by atoms with Gasteiger partial charge in [-0.1, -0.05) is 25.5 Å². The predicted molar refractivity (Wildman–Crippen MR) is 70.5 cm³/mol. The molecule has 19 heavy (non-hydrogen) atoms. The van der Waals surface area contributed by atoms with Gasteiger partial charge in [-0.2, -0.15) is 0 Å². The number of fused-ring (bicyclic) bond motifs is 1. The van der Waals surface area contributed by atoms with Gasteiger partial charge in [0.25, 0.3) is 11.8 Å². The van der Waals surface area contributed by atoms with E-state index in [9.17, 15) is 18.0 Å². The summed E-state index contributed by atoms with van der Waals surface area (Å²) in [6.07, 6.45) is 1.28. The van der Waals surface area contributed by atoms with Crippen LogP contribution < -0.4 is 0 Å². The van der Waals surface area contributed by atoms with Gasteiger partial charge in [-0.25, -0.2) is 8.42 Å². The molecule has 1 aliphatic heterocycles. The molecule has 0 aliphatic carbocycles. The van der Waals surface area contributed by atoms with Gasteiger partial charge in [-0.3, -0.25) is 14.5 Å². The number of hydrogen-bond donors (Lipinski definition) is 0. The molecule has 0 atom stereocenters. The van der Waals surface area contributed by atoms with Gasteiger partial charge in [-0.15, -0.1) is 0 Å². The van der Waals surface area contributed by atoms with Gasteiger partial charge in [0.05, 0.1) is 16.9 Å². The smallest absolute Gasteiger partial charge is 0.262 e. The molecule has 1 aliphatic rings. The Hall–Kier alpha value is -1.69. The van der Waals surface area contributed by atoms with Gasteiger partial charge in [0, 0.05) is 0 Å². The molecule has 102 valence electrons. The number of imide groups is 1. The van der Waals surface area contributed by atoms with Crippen LogP contribution in [0.15, 0.2) is 24.3 Å². The highest BCUT2D eigenvalue weighted by atomic mass is 32.2. The van der Waals surface area contributed by atoms with Crippen LogP contribution in [0.3, 0.4) is 0 Å². The quantitative estimate of drug-likeness (QED) is 0.766. The van der Waals surface area contributed by atoms with Crippen molar-refractivity contribution in [2.75, 3.05) is 11.6 Å². The van der Waals surface area contributed by atoms with E-state index in [1.54, 1.807) is 12.1 Å². The van der Waals surface area contributed by atoms with Crippen LogP contribution in [0.2, 0.25) is 0 Å². The lowest BCUT2D eigenvalue weighted by Crippen LogP contribution is -2.35. The first-order valence-electron chi connectivity index (χ1n) is 6.12. The molecule has 0 saturated heterocycles. The number of rotatable bonds is 5. The topological polar surface area (TPSA) is 71.5 Å². The molecule has 5 nitrogen and oxygen atoms in total. The summed E-state index contributed by atoms with van der Waals surface area (Å²) in [5.41, 5.74) is 0.552. The number of hydrogen-bond acceptors (Lipinski definition) is 4. The molecule has 2 amide bonds. The maximum absolute atomic E-state index is 12.0. The summed E-state index contributed by atoms with van der Waals surface area (Å²) in [6, 6.07) is 6.38. The van der Waals surface area contributed by atoms with E-state index in [0.29, 0.717) is 6.42 Å². The van der Waals surface area contributed by atoms with Crippen LogP contribution in [0.25, 0.3) is 0 Å². The fourth-order valence-corrected chi connectivity index (χ4v) is 3.47. The lowest BCUT2D eigenvalue weighted by atomic mass is 10.1. The van der Waals surface area contributed by atoms with E-state index in [1.807, 2.05) is 6.92 Å². The maximum Gasteiger partial charge on any atom is 0.262 e. The minimum absolute atomic E-state index is 0.00307. The molecule has 0 spiro atoms. The molecule has 0 saturated carbocycles. The number of carbonyl (C=O) groups is 2. The third-order valence-corrected chi connectivity index (χ3v) is 4.58. The van der Waals surface area contributed by atoms with Crippen LogP contribution in [0.1, 0.15) is 40.5 Å². The molecular formula is C13H15NO4S. The third kappa shape index (κ3) is 2.68. The molecule has 0 fully saturated rings. The number of nitrogens with zero attached hydrogens (tertiary/aromatic N) is 1. The molecule has 6 heteroatoms. The molecule has 1 aromatic carbocycles. The lowest BCUT2D eigenvalue weighted by Gasteiger charge is -2.13. The largest absolute Gasteiger partial charge is 0.269 e. The fraction of sp³-hybridized carbons (Fsp3) is 0.385. The fourth-order valence-electron chi connectivity index (χ4n) is 1.98. The van der Waals surface area contributed by atoms with Crippen molar-refractivity contribution in [3.8, 4) is 0 Å². The van der Waals surface area contributed by atoms with Gasteiger partial charge < -0.3 is 0 Å². The van der Waals surface area contributed by atoms with E-state index in [-0.39, 0.29) is 16.9 Å². The summed E-state index contributed by atoms with van der Waals surface area (Å²) >= 11 is 0. The number of carbonyl (C=O) groups excluding carboxylic acids is 2. The van der Waals surface area contributed by atoms with E-state index in [2.05, 4.69) is 0 Å². The minimum atomic E-state index is -3.43. The van der Waals surface area contributed by atoms with Crippen LogP contribution >= 0.6 is 0 Å². The predicted octanol–water partition coefficient (Wildman–Crippen LogP) is 1.46. The summed E-state index contributed by atoms with van der Waals surface area (Å²) < 4.78 is 23.7. The second kappa shape index (κ2) is 5.13. The highest BCUT2D eigenvalue weighted by Crippen LogP contribution is 2.23. The van der Waals surface area contributed by atoms with Crippen molar-refractivity contribution in [3.05, 3.63) is 35.4 Å². The van der Waals surface area contributed by atoms with Crippen molar-refractivity contribution in [2.24, 2.45) is 0 Å². The summed E-state index contributed by atoms with van der Waals surface area (Å²) in [5.74, 6) is -1.59. The van der Waals surface area contributed by atoms with Crippen LogP contribution in [-0.2, 0) is 9.84 Å². The van der Waals surface area contributed by atoms with E-state index in [0.717, 1.165) is 11.3 Å². The van der Waals surface area contributed by atoms with E-state index in [1.165, 1.54) is 12.1 Å². The third-order valence-electron chi connectivity index (χ3n) is 3.01. The van der Waals surface area contributed by atoms with E-state index >= 15 is 0 Å². The molecule has 2 rings (SSSR count).